The number of carbonyl (C=O) groups excluding carboxylic acids is 7. The van der Waals surface area contributed by atoms with Gasteiger partial charge in [-0.3, -0.25) is 33.6 Å². The monoisotopic (exact) mass is 1910 g/mol. The van der Waals surface area contributed by atoms with Gasteiger partial charge in [-0.1, -0.05) is 96.4 Å². The van der Waals surface area contributed by atoms with Crippen LogP contribution in [0.2, 0.25) is 0 Å². The quantitative estimate of drug-likeness (QED) is 0.0430. The average Bonchev–Trinajstić information content (AvgIpc) is 1.66. The van der Waals surface area contributed by atoms with Gasteiger partial charge in [0.25, 0.3) is 0 Å². The standard InChI is InChI=1S/C20H32O2.2C19H32O2.2C18H30O2.C15H26O2.C14H24O2/c1-5-19(3,4)18(21)22-20(6-2)11-14-10-15(20)17-13-8-7-12(9-13)16(14)17;1-6-17(2,3)16(20)21-18(4,5)19-10-13-7-14(11-19)9-15(8-13)12-19;1-6-18(4,5)17(20)21-19(12(2)3)15-8-13-7-14(10-15)11-16(19)9-13;1-5-17(3,4)16(19)20-18(6-2)14-8-12-7-13(10-14)11-15(18)9-12;1-5-17(3,4)16(19)20-18(6-2)11-12-10-15(18)14-9-7-8-13(12)14;1-5-14(3,4)13(16)17-15(6-2)10-11-7-8-12(15)9-11;1-5-13(2,3)12(15)16-14(4)9-10-6-7-11(14)8-10/h12-17H,5-11H2,1-4H3;13-15H,6-12H2,1-5H3;12-16H,6-11H2,1-5H3;2*12-15H,5-11H2,1-4H3;11-12H,5-10H2,1-4H3;10-11H,5-9H2,1-4H3. The van der Waals surface area contributed by atoms with Crippen LogP contribution in [-0.2, 0) is 66.7 Å². The normalized spacial score (nSPS) is 41.5. The van der Waals surface area contributed by atoms with Crippen LogP contribution in [0.25, 0.3) is 0 Å². The van der Waals surface area contributed by atoms with Crippen molar-refractivity contribution in [1.82, 2.24) is 0 Å². The van der Waals surface area contributed by atoms with Crippen molar-refractivity contribution in [3.63, 3.8) is 0 Å². The fraction of sp³-hybridized carbons (Fsp3) is 0.943. The summed E-state index contributed by atoms with van der Waals surface area (Å²) in [4.78, 5) is 87.7. The summed E-state index contributed by atoms with van der Waals surface area (Å²) in [5.74, 6) is 21.0. The molecule has 137 heavy (non-hydrogen) atoms. The van der Waals surface area contributed by atoms with Crippen LogP contribution < -0.4 is 0 Å². The van der Waals surface area contributed by atoms with Gasteiger partial charge in [0.2, 0.25) is 0 Å². The third kappa shape index (κ3) is 20.7. The van der Waals surface area contributed by atoms with Crippen molar-refractivity contribution in [2.45, 2.75) is 536 Å². The molecule has 0 aromatic rings. The largest absolute Gasteiger partial charge is 0.459 e. The summed E-state index contributed by atoms with van der Waals surface area (Å²) in [6.07, 6.45) is 54.9. The highest BCUT2D eigenvalue weighted by molar-refractivity contribution is 5.79. The minimum atomic E-state index is -0.362. The molecule has 0 spiro atoms. The molecular weight excluding hydrogens is 1700 g/mol. The second-order valence-corrected chi connectivity index (χ2v) is 57.1. The zero-order valence-electron chi connectivity index (χ0n) is 93.5. The molecule has 0 heterocycles. The molecule has 0 saturated heterocycles. The van der Waals surface area contributed by atoms with Crippen LogP contribution in [0.5, 0.6) is 0 Å². The smallest absolute Gasteiger partial charge is 0.312 e. The van der Waals surface area contributed by atoms with Gasteiger partial charge in [0, 0.05) is 17.3 Å². The Bertz CT molecular complexity index is 4110. The molecule has 0 amide bonds. The van der Waals surface area contributed by atoms with Crippen molar-refractivity contribution in [3.8, 4) is 0 Å². The topological polar surface area (TPSA) is 184 Å². The second kappa shape index (κ2) is 40.5. The number of ether oxygens (including phenoxy) is 7. The van der Waals surface area contributed by atoms with Crippen LogP contribution in [0.4, 0.5) is 0 Å². The molecule has 782 valence electrons. The molecular formula is C123H206O14. The summed E-state index contributed by atoms with van der Waals surface area (Å²) in [5, 5.41) is 0. The van der Waals surface area contributed by atoms with E-state index in [0.717, 1.165) is 197 Å². The van der Waals surface area contributed by atoms with Gasteiger partial charge in [-0.2, -0.15) is 0 Å². The molecule has 0 aromatic carbocycles. The molecule has 0 aliphatic heterocycles. The van der Waals surface area contributed by atoms with Gasteiger partial charge in [0.15, 0.2) is 0 Å². The Labute approximate surface area is 836 Å². The lowest BCUT2D eigenvalue weighted by Crippen LogP contribution is -2.63. The molecule has 23 aliphatic carbocycles. The van der Waals surface area contributed by atoms with Crippen molar-refractivity contribution in [1.29, 1.82) is 0 Å². The second-order valence-electron chi connectivity index (χ2n) is 57.1. The van der Waals surface area contributed by atoms with Gasteiger partial charge in [-0.05, 0) is 542 Å². The van der Waals surface area contributed by atoms with Gasteiger partial charge < -0.3 is 33.2 Å². The highest BCUT2D eigenvalue weighted by atomic mass is 16.6. The summed E-state index contributed by atoms with van der Waals surface area (Å²) in [5.41, 5.74) is -3.26. The highest BCUT2D eigenvalue weighted by Gasteiger charge is 2.70. The van der Waals surface area contributed by atoms with E-state index in [-0.39, 0.29) is 124 Å². The van der Waals surface area contributed by atoms with Crippen LogP contribution in [-0.4, -0.2) is 81.0 Å². The molecule has 14 nitrogen and oxygen atoms in total. The number of fused-ring (bicyclic) bond motifs is 18. The lowest BCUT2D eigenvalue weighted by molar-refractivity contribution is -0.231. The predicted molar refractivity (Wildman–Crippen MR) is 550 cm³/mol. The molecule has 18 atom stereocenters. The first-order valence-corrected chi connectivity index (χ1v) is 58.7. The Kier molecular flexibility index (Phi) is 32.2. The summed E-state index contributed by atoms with van der Waals surface area (Å²) < 4.78 is 43.2. The Hall–Kier alpha value is -3.71. The van der Waals surface area contributed by atoms with Crippen LogP contribution in [0, 0.1) is 197 Å². The molecule has 14 heteroatoms. The van der Waals surface area contributed by atoms with E-state index in [9.17, 15) is 33.6 Å². The van der Waals surface area contributed by atoms with E-state index in [1.54, 1.807) is 0 Å². The molecule has 0 radical (unpaired) electrons. The molecule has 18 unspecified atom stereocenters. The fourth-order valence-electron chi connectivity index (χ4n) is 35.0. The van der Waals surface area contributed by atoms with Gasteiger partial charge in [-0.25, -0.2) is 0 Å². The number of hydrogen-bond donors (Lipinski definition) is 0. The molecule has 0 aromatic heterocycles. The summed E-state index contributed by atoms with van der Waals surface area (Å²) >= 11 is 0. The number of hydrogen-bond acceptors (Lipinski definition) is 14. The Morgan fingerprint density at radius 2 is 0.628 bits per heavy atom. The van der Waals surface area contributed by atoms with E-state index in [4.69, 9.17) is 33.2 Å². The SMILES string of the molecule is CCC(C)(C)C(=O)OC(C)(C)C12CC3CC(CC(C3)C1)C2.CCC(C)(C)C(=O)OC1(C(C)C)C2CC3CC(C2)CC1C3.CCC(C)(C)C(=O)OC1(C)CC2CCC1C2.CCC(C)(C)C(=O)OC1(CC)C2CC3CC(C2)CC1C3.CCC(C)(C)C(=O)OC1(CC)CC2CC1C1C3CCC(C3)C21.CCC(C)(C)C(=O)OC1(CC)CC2CC1C1CCCC21.CCC(C)(C)C(=O)OC1(CC)CC2CCC1C2. The van der Waals surface area contributed by atoms with E-state index >= 15 is 0 Å². The van der Waals surface area contributed by atoms with Gasteiger partial charge in [0.1, 0.15) is 39.2 Å². The average molecular weight is 1910 g/mol. The van der Waals surface area contributed by atoms with E-state index in [2.05, 4.69) is 104 Å². The van der Waals surface area contributed by atoms with Crippen molar-refractivity contribution in [2.24, 2.45) is 197 Å². The maximum Gasteiger partial charge on any atom is 0.312 e. The van der Waals surface area contributed by atoms with E-state index in [1.165, 1.54) is 193 Å². The van der Waals surface area contributed by atoms with Gasteiger partial charge in [-0.15, -0.1) is 0 Å². The van der Waals surface area contributed by atoms with Crippen LogP contribution in [0.3, 0.4) is 0 Å². The first-order chi connectivity index (χ1) is 64.0. The van der Waals surface area contributed by atoms with Gasteiger partial charge in [0.05, 0.1) is 37.9 Å². The molecule has 0 N–H and O–H groups in total. The highest BCUT2D eigenvalue weighted by Crippen LogP contribution is 2.73. The zero-order chi connectivity index (χ0) is 100. The van der Waals surface area contributed by atoms with E-state index in [1.807, 2.05) is 104 Å². The van der Waals surface area contributed by atoms with Crippen LogP contribution in [0.1, 0.15) is 497 Å². The van der Waals surface area contributed by atoms with Crippen molar-refractivity contribution in [3.05, 3.63) is 0 Å². The minimum absolute atomic E-state index is 0.00857. The number of carbonyl (C=O) groups is 7. The third-order valence-electron chi connectivity index (χ3n) is 46.2. The fourth-order valence-corrected chi connectivity index (χ4v) is 35.0. The Morgan fingerprint density at radius 1 is 0.277 bits per heavy atom. The van der Waals surface area contributed by atoms with Crippen molar-refractivity contribution in [2.75, 3.05) is 0 Å². The van der Waals surface area contributed by atoms with E-state index < -0.39 is 0 Å². The number of esters is 7. The summed E-state index contributed by atoms with van der Waals surface area (Å²) in [6.45, 7) is 62.6. The predicted octanol–water partition coefficient (Wildman–Crippen LogP) is 31.2. The van der Waals surface area contributed by atoms with Crippen molar-refractivity contribution >= 4 is 41.8 Å². The Balaban J connectivity index is 0.000000128. The molecule has 23 saturated carbocycles. The Morgan fingerprint density at radius 3 is 1.02 bits per heavy atom. The van der Waals surface area contributed by atoms with Crippen LogP contribution in [0.15, 0.2) is 0 Å². The lowest BCUT2D eigenvalue weighted by Gasteiger charge is -2.62. The molecule has 23 rings (SSSR count). The molecule has 23 fully saturated rings. The third-order valence-corrected chi connectivity index (χ3v) is 46.2. The first kappa shape index (κ1) is 109. The molecule has 23 aliphatic rings. The maximum atomic E-state index is 12.8. The van der Waals surface area contributed by atoms with E-state index in [0.29, 0.717) is 53.3 Å². The minimum Gasteiger partial charge on any atom is -0.459 e. The summed E-state index contributed by atoms with van der Waals surface area (Å²) in [6, 6.07) is 0. The van der Waals surface area contributed by atoms with Crippen LogP contribution >= 0.6 is 0 Å². The summed E-state index contributed by atoms with van der Waals surface area (Å²) in [7, 11) is 0. The maximum absolute atomic E-state index is 12.8. The van der Waals surface area contributed by atoms with Gasteiger partial charge >= 0.3 is 41.8 Å². The lowest BCUT2D eigenvalue weighted by atomic mass is 9.46. The molecule has 22 bridgehead atoms. The zero-order valence-corrected chi connectivity index (χ0v) is 93.5. The first-order valence-electron chi connectivity index (χ1n) is 58.7. The number of rotatable bonds is 27. The van der Waals surface area contributed by atoms with Crippen molar-refractivity contribution < 1.29 is 66.7 Å².